The van der Waals surface area contributed by atoms with Gasteiger partial charge >= 0.3 is 0 Å². The predicted octanol–water partition coefficient (Wildman–Crippen LogP) is 0.331. The number of ether oxygens (including phenoxy) is 1. The first-order valence-corrected chi connectivity index (χ1v) is 4.29. The molecule has 4 heteroatoms. The molecule has 1 aromatic heterocycles. The van der Waals surface area contributed by atoms with Crippen LogP contribution in [0.1, 0.15) is 12.5 Å². The lowest BCUT2D eigenvalue weighted by Crippen LogP contribution is -2.32. The highest BCUT2D eigenvalue weighted by Gasteiger charge is 2.41. The quantitative estimate of drug-likeness (QED) is 0.676. The molecule has 0 bridgehead atoms. The molecule has 1 aromatic rings. The smallest absolute Gasteiger partial charge is 0.121 e. The molecule has 1 N–H and O–H groups in total. The zero-order chi connectivity index (χ0) is 9.31. The van der Waals surface area contributed by atoms with Crippen molar-refractivity contribution < 1.29 is 9.84 Å². The van der Waals surface area contributed by atoms with Gasteiger partial charge in [0.2, 0.25) is 0 Å². The van der Waals surface area contributed by atoms with Crippen LogP contribution in [-0.2, 0) is 10.3 Å². The van der Waals surface area contributed by atoms with E-state index in [9.17, 15) is 5.11 Å². The minimum atomic E-state index is -0.902. The van der Waals surface area contributed by atoms with Gasteiger partial charge in [-0.1, -0.05) is 6.92 Å². The summed E-state index contributed by atoms with van der Waals surface area (Å²) in [5.41, 5.74) is -0.165. The zero-order valence-corrected chi connectivity index (χ0v) is 7.47. The van der Waals surface area contributed by atoms with Crippen LogP contribution in [0.3, 0.4) is 0 Å². The number of aromatic nitrogens is 2. The average molecular weight is 180 g/mol. The van der Waals surface area contributed by atoms with Gasteiger partial charge in [-0.25, -0.2) is 9.97 Å². The van der Waals surface area contributed by atoms with Crippen molar-refractivity contribution in [3.63, 3.8) is 0 Å². The Morgan fingerprint density at radius 2 is 2.23 bits per heavy atom. The van der Waals surface area contributed by atoms with E-state index >= 15 is 0 Å². The van der Waals surface area contributed by atoms with Crippen molar-refractivity contribution in [3.05, 3.63) is 24.3 Å². The van der Waals surface area contributed by atoms with Crippen molar-refractivity contribution in [2.75, 3.05) is 13.2 Å². The highest BCUT2D eigenvalue weighted by atomic mass is 16.5. The Bertz CT molecular complexity index is 291. The molecule has 0 aromatic carbocycles. The maximum Gasteiger partial charge on any atom is 0.121 e. The topological polar surface area (TPSA) is 55.2 Å². The first kappa shape index (κ1) is 8.59. The van der Waals surface area contributed by atoms with E-state index in [4.69, 9.17) is 4.74 Å². The Kier molecular flexibility index (Phi) is 2.01. The summed E-state index contributed by atoms with van der Waals surface area (Å²) >= 11 is 0. The van der Waals surface area contributed by atoms with Gasteiger partial charge in [-0.3, -0.25) is 0 Å². The third-order valence-electron chi connectivity index (χ3n) is 2.57. The summed E-state index contributed by atoms with van der Waals surface area (Å²) in [5.74, 6) is 0.0958. The Balaban J connectivity index is 2.34. The molecular weight excluding hydrogens is 168 g/mol. The molecule has 1 aliphatic rings. The zero-order valence-electron chi connectivity index (χ0n) is 7.47. The molecule has 0 saturated carbocycles. The molecule has 2 rings (SSSR count). The summed E-state index contributed by atoms with van der Waals surface area (Å²) in [5, 5.41) is 10.2. The fourth-order valence-electron chi connectivity index (χ4n) is 1.56. The van der Waals surface area contributed by atoms with Gasteiger partial charge in [0.25, 0.3) is 0 Å². The molecule has 1 fully saturated rings. The molecule has 0 aliphatic carbocycles. The first-order valence-electron chi connectivity index (χ1n) is 4.29. The fourth-order valence-corrected chi connectivity index (χ4v) is 1.56. The van der Waals surface area contributed by atoms with E-state index in [0.717, 1.165) is 5.56 Å². The van der Waals surface area contributed by atoms with Crippen LogP contribution in [0.25, 0.3) is 0 Å². The monoisotopic (exact) mass is 180 g/mol. The van der Waals surface area contributed by atoms with E-state index in [-0.39, 0.29) is 5.92 Å². The van der Waals surface area contributed by atoms with Crippen LogP contribution in [0.15, 0.2) is 18.7 Å². The van der Waals surface area contributed by atoms with Crippen LogP contribution in [0, 0.1) is 5.92 Å². The lowest BCUT2D eigenvalue weighted by molar-refractivity contribution is 0.000204. The fraction of sp³-hybridized carbons (Fsp3) is 0.556. The molecule has 1 saturated heterocycles. The van der Waals surface area contributed by atoms with Crippen LogP contribution in [-0.4, -0.2) is 28.3 Å². The van der Waals surface area contributed by atoms with E-state index < -0.39 is 5.60 Å². The Morgan fingerprint density at radius 3 is 2.77 bits per heavy atom. The number of aliphatic hydroxyl groups is 1. The molecule has 1 aliphatic heterocycles. The first-order chi connectivity index (χ1) is 6.23. The lowest BCUT2D eigenvalue weighted by atomic mass is 9.87. The largest absolute Gasteiger partial charge is 0.382 e. The van der Waals surface area contributed by atoms with Crippen LogP contribution in [0.2, 0.25) is 0 Å². The molecule has 4 nitrogen and oxygen atoms in total. The summed E-state index contributed by atoms with van der Waals surface area (Å²) in [7, 11) is 0. The molecule has 2 unspecified atom stereocenters. The van der Waals surface area contributed by atoms with Crippen LogP contribution in [0.4, 0.5) is 0 Å². The number of hydrogen-bond acceptors (Lipinski definition) is 4. The van der Waals surface area contributed by atoms with Crippen LogP contribution < -0.4 is 0 Å². The van der Waals surface area contributed by atoms with Gasteiger partial charge < -0.3 is 9.84 Å². The van der Waals surface area contributed by atoms with E-state index in [2.05, 4.69) is 9.97 Å². The normalized spacial score (nSPS) is 33.5. The third kappa shape index (κ3) is 1.32. The van der Waals surface area contributed by atoms with Crippen molar-refractivity contribution in [1.82, 2.24) is 9.97 Å². The van der Waals surface area contributed by atoms with Crippen molar-refractivity contribution >= 4 is 0 Å². The highest BCUT2D eigenvalue weighted by molar-refractivity contribution is 5.17. The summed E-state index contributed by atoms with van der Waals surface area (Å²) in [6.45, 7) is 2.88. The van der Waals surface area contributed by atoms with Crippen LogP contribution in [0.5, 0.6) is 0 Å². The van der Waals surface area contributed by atoms with Gasteiger partial charge in [0.05, 0.1) is 13.2 Å². The van der Waals surface area contributed by atoms with Gasteiger partial charge in [0.1, 0.15) is 11.9 Å². The van der Waals surface area contributed by atoms with E-state index in [0.29, 0.717) is 13.2 Å². The Labute approximate surface area is 76.6 Å². The second kappa shape index (κ2) is 3.05. The average Bonchev–Trinajstić information content (AvgIpc) is 2.50. The number of hydrogen-bond donors (Lipinski definition) is 1. The number of rotatable bonds is 1. The molecule has 13 heavy (non-hydrogen) atoms. The molecule has 2 atom stereocenters. The Hall–Kier alpha value is -1.00. The molecule has 0 amide bonds. The van der Waals surface area contributed by atoms with Crippen LogP contribution >= 0.6 is 0 Å². The van der Waals surface area contributed by atoms with E-state index in [1.165, 1.54) is 6.33 Å². The second-order valence-corrected chi connectivity index (χ2v) is 3.47. The highest BCUT2D eigenvalue weighted by Crippen LogP contribution is 2.34. The summed E-state index contributed by atoms with van der Waals surface area (Å²) in [6.07, 6.45) is 4.73. The van der Waals surface area contributed by atoms with Gasteiger partial charge in [-0.15, -0.1) is 0 Å². The Morgan fingerprint density at radius 1 is 1.54 bits per heavy atom. The molecule has 2 heterocycles. The van der Waals surface area contributed by atoms with Gasteiger partial charge in [0, 0.05) is 23.9 Å². The minimum Gasteiger partial charge on any atom is -0.382 e. The third-order valence-corrected chi connectivity index (χ3v) is 2.57. The summed E-state index contributed by atoms with van der Waals surface area (Å²) in [4.78, 5) is 7.76. The number of nitrogens with zero attached hydrogens (tertiary/aromatic N) is 2. The molecule has 0 radical (unpaired) electrons. The van der Waals surface area contributed by atoms with Crippen molar-refractivity contribution in [2.24, 2.45) is 5.92 Å². The van der Waals surface area contributed by atoms with Crippen molar-refractivity contribution in [2.45, 2.75) is 12.5 Å². The minimum absolute atomic E-state index is 0.0958. The lowest BCUT2D eigenvalue weighted by Gasteiger charge is -2.24. The molecular formula is C9H12N2O2. The van der Waals surface area contributed by atoms with Gasteiger partial charge in [-0.05, 0) is 0 Å². The van der Waals surface area contributed by atoms with Crippen molar-refractivity contribution in [3.8, 4) is 0 Å². The standard InChI is InChI=1S/C9H12N2O2/c1-7-4-13-5-9(7,12)8-2-10-6-11-3-8/h2-3,6-7,12H,4-5H2,1H3. The second-order valence-electron chi connectivity index (χ2n) is 3.47. The summed E-state index contributed by atoms with van der Waals surface area (Å²) in [6, 6.07) is 0. The predicted molar refractivity (Wildman–Crippen MR) is 45.9 cm³/mol. The molecule has 0 spiro atoms. The van der Waals surface area contributed by atoms with Crippen molar-refractivity contribution in [1.29, 1.82) is 0 Å². The van der Waals surface area contributed by atoms with Gasteiger partial charge in [0.15, 0.2) is 0 Å². The maximum absolute atomic E-state index is 10.2. The maximum atomic E-state index is 10.2. The van der Waals surface area contributed by atoms with E-state index in [1.54, 1.807) is 12.4 Å². The summed E-state index contributed by atoms with van der Waals surface area (Å²) < 4.78 is 5.22. The van der Waals surface area contributed by atoms with Gasteiger partial charge in [-0.2, -0.15) is 0 Å². The SMILES string of the molecule is CC1COCC1(O)c1cncnc1. The van der Waals surface area contributed by atoms with E-state index in [1.807, 2.05) is 6.92 Å². The molecule has 70 valence electrons.